The number of piperidine rings is 1. The Morgan fingerprint density at radius 2 is 1.90 bits per heavy atom. The van der Waals surface area contributed by atoms with E-state index < -0.39 is 0 Å². The average Bonchev–Trinajstić information content (AvgIpc) is 3.18. The highest BCUT2D eigenvalue weighted by atomic mass is 16.5. The quantitative estimate of drug-likeness (QED) is 0.829. The normalized spacial score (nSPS) is 32.0. The topological polar surface area (TPSA) is 44.8 Å². The maximum atomic E-state index is 12.5. The standard InChI is InChI=1S/C16H29N3O2/c1-21-14-10-15(17-11-14)16(20)19-8-4-13(5-9-19)12-18-6-2-3-7-18/h13-15,17H,2-12H2,1H3. The van der Waals surface area contributed by atoms with Gasteiger partial charge in [0, 0.05) is 33.3 Å². The van der Waals surface area contributed by atoms with Crippen molar-refractivity contribution in [1.82, 2.24) is 15.1 Å². The van der Waals surface area contributed by atoms with Gasteiger partial charge in [-0.1, -0.05) is 0 Å². The molecule has 0 aromatic heterocycles. The van der Waals surface area contributed by atoms with E-state index in [0.29, 0.717) is 0 Å². The second-order valence-electron chi connectivity index (χ2n) is 6.83. The molecule has 3 aliphatic rings. The minimum atomic E-state index is -0.0231. The summed E-state index contributed by atoms with van der Waals surface area (Å²) in [5.41, 5.74) is 0. The van der Waals surface area contributed by atoms with E-state index in [-0.39, 0.29) is 18.1 Å². The summed E-state index contributed by atoms with van der Waals surface area (Å²) >= 11 is 0. The van der Waals surface area contributed by atoms with Crippen LogP contribution in [0.2, 0.25) is 0 Å². The van der Waals surface area contributed by atoms with Gasteiger partial charge >= 0.3 is 0 Å². The summed E-state index contributed by atoms with van der Waals surface area (Å²) in [5, 5.41) is 3.30. The molecule has 1 N–H and O–H groups in total. The summed E-state index contributed by atoms with van der Waals surface area (Å²) in [7, 11) is 1.73. The first-order valence-electron chi connectivity index (χ1n) is 8.53. The highest BCUT2D eigenvalue weighted by Gasteiger charge is 2.34. The monoisotopic (exact) mass is 295 g/mol. The van der Waals surface area contributed by atoms with Crippen LogP contribution in [0.15, 0.2) is 0 Å². The number of ether oxygens (including phenoxy) is 1. The smallest absolute Gasteiger partial charge is 0.239 e. The Balaban J connectivity index is 1.41. The van der Waals surface area contributed by atoms with E-state index in [0.717, 1.165) is 32.0 Å². The number of nitrogens with one attached hydrogen (secondary N) is 1. The van der Waals surface area contributed by atoms with Crippen LogP contribution in [0, 0.1) is 5.92 Å². The molecule has 0 spiro atoms. The highest BCUT2D eigenvalue weighted by molar-refractivity contribution is 5.82. The molecule has 0 saturated carbocycles. The van der Waals surface area contributed by atoms with Crippen molar-refractivity contribution in [2.45, 2.75) is 44.2 Å². The molecule has 2 atom stereocenters. The molecule has 21 heavy (non-hydrogen) atoms. The summed E-state index contributed by atoms with van der Waals surface area (Å²) in [6.07, 6.45) is 6.09. The zero-order chi connectivity index (χ0) is 14.7. The minimum absolute atomic E-state index is 0.0231. The molecule has 3 aliphatic heterocycles. The number of carbonyl (C=O) groups excluding carboxylic acids is 1. The van der Waals surface area contributed by atoms with Crippen molar-refractivity contribution in [2.24, 2.45) is 5.92 Å². The maximum Gasteiger partial charge on any atom is 0.239 e. The number of rotatable bonds is 4. The van der Waals surface area contributed by atoms with Gasteiger partial charge in [0.2, 0.25) is 5.91 Å². The molecule has 0 aliphatic carbocycles. The van der Waals surface area contributed by atoms with Gasteiger partial charge in [0.05, 0.1) is 12.1 Å². The summed E-state index contributed by atoms with van der Waals surface area (Å²) in [6, 6.07) is -0.0231. The van der Waals surface area contributed by atoms with Crippen molar-refractivity contribution in [2.75, 3.05) is 46.4 Å². The van der Waals surface area contributed by atoms with Gasteiger partial charge in [-0.05, 0) is 51.1 Å². The Bertz CT molecular complexity index is 349. The number of nitrogens with zero attached hydrogens (tertiary/aromatic N) is 2. The van der Waals surface area contributed by atoms with E-state index in [2.05, 4.69) is 15.1 Å². The van der Waals surface area contributed by atoms with Crippen LogP contribution < -0.4 is 5.32 Å². The molecule has 0 bridgehead atoms. The molecule has 3 heterocycles. The van der Waals surface area contributed by atoms with Crippen molar-refractivity contribution in [1.29, 1.82) is 0 Å². The maximum absolute atomic E-state index is 12.5. The van der Waals surface area contributed by atoms with Crippen molar-refractivity contribution < 1.29 is 9.53 Å². The second kappa shape index (κ2) is 7.07. The largest absolute Gasteiger partial charge is 0.380 e. The van der Waals surface area contributed by atoms with Gasteiger partial charge in [-0.2, -0.15) is 0 Å². The first-order valence-corrected chi connectivity index (χ1v) is 8.53. The Morgan fingerprint density at radius 1 is 1.19 bits per heavy atom. The van der Waals surface area contributed by atoms with Crippen LogP contribution in [0.1, 0.15) is 32.1 Å². The Kier molecular flexibility index (Phi) is 5.14. The summed E-state index contributed by atoms with van der Waals surface area (Å²) in [6.45, 7) is 6.49. The summed E-state index contributed by atoms with van der Waals surface area (Å²) in [5.74, 6) is 1.07. The Labute approximate surface area is 128 Å². The van der Waals surface area contributed by atoms with E-state index >= 15 is 0 Å². The number of hydrogen-bond donors (Lipinski definition) is 1. The van der Waals surface area contributed by atoms with Gasteiger partial charge in [-0.3, -0.25) is 4.79 Å². The fourth-order valence-electron chi connectivity index (χ4n) is 3.96. The van der Waals surface area contributed by atoms with E-state index in [9.17, 15) is 4.79 Å². The Morgan fingerprint density at radius 3 is 2.52 bits per heavy atom. The van der Waals surface area contributed by atoms with Crippen molar-refractivity contribution >= 4 is 5.91 Å². The molecular formula is C16H29N3O2. The lowest BCUT2D eigenvalue weighted by Crippen LogP contribution is -2.48. The third-order valence-electron chi connectivity index (χ3n) is 5.36. The summed E-state index contributed by atoms with van der Waals surface area (Å²) < 4.78 is 5.33. The first kappa shape index (κ1) is 15.3. The number of hydrogen-bond acceptors (Lipinski definition) is 4. The molecule has 5 heteroatoms. The molecule has 0 aromatic rings. The summed E-state index contributed by atoms with van der Waals surface area (Å²) in [4.78, 5) is 17.2. The van der Waals surface area contributed by atoms with Gasteiger partial charge in [0.1, 0.15) is 0 Å². The molecule has 3 rings (SSSR count). The van der Waals surface area contributed by atoms with Crippen molar-refractivity contribution in [3.8, 4) is 0 Å². The third kappa shape index (κ3) is 3.76. The fourth-order valence-corrected chi connectivity index (χ4v) is 3.96. The van der Waals surface area contributed by atoms with E-state index in [1.807, 2.05) is 0 Å². The van der Waals surface area contributed by atoms with E-state index in [1.165, 1.54) is 45.3 Å². The lowest BCUT2D eigenvalue weighted by molar-refractivity contribution is -0.134. The molecule has 1 amide bonds. The lowest BCUT2D eigenvalue weighted by Gasteiger charge is -2.35. The van der Waals surface area contributed by atoms with Gasteiger partial charge in [-0.15, -0.1) is 0 Å². The molecule has 0 radical (unpaired) electrons. The molecule has 0 aromatic carbocycles. The zero-order valence-electron chi connectivity index (χ0n) is 13.2. The van der Waals surface area contributed by atoms with Crippen LogP contribution >= 0.6 is 0 Å². The van der Waals surface area contributed by atoms with Crippen LogP contribution in [0.5, 0.6) is 0 Å². The van der Waals surface area contributed by atoms with Crippen LogP contribution in [-0.4, -0.2) is 74.2 Å². The molecule has 3 saturated heterocycles. The van der Waals surface area contributed by atoms with Gasteiger partial charge in [-0.25, -0.2) is 0 Å². The molecule has 5 nitrogen and oxygen atoms in total. The van der Waals surface area contributed by atoms with Crippen LogP contribution in [0.3, 0.4) is 0 Å². The van der Waals surface area contributed by atoms with Gasteiger partial charge < -0.3 is 19.9 Å². The Hall–Kier alpha value is -0.650. The van der Waals surface area contributed by atoms with Crippen molar-refractivity contribution in [3.05, 3.63) is 0 Å². The molecule has 3 fully saturated rings. The lowest BCUT2D eigenvalue weighted by atomic mass is 9.95. The molecule has 120 valence electrons. The number of likely N-dealkylation sites (tertiary alicyclic amines) is 2. The fraction of sp³-hybridized carbons (Fsp3) is 0.938. The van der Waals surface area contributed by atoms with Crippen LogP contribution in [0.25, 0.3) is 0 Å². The van der Waals surface area contributed by atoms with Crippen LogP contribution in [0.4, 0.5) is 0 Å². The SMILES string of the molecule is COC1CNC(C(=O)N2CCC(CN3CCCC3)CC2)C1. The number of carbonyl (C=O) groups is 1. The average molecular weight is 295 g/mol. The van der Waals surface area contributed by atoms with E-state index in [1.54, 1.807) is 7.11 Å². The molecular weight excluding hydrogens is 266 g/mol. The number of amides is 1. The zero-order valence-corrected chi connectivity index (χ0v) is 13.2. The molecule has 2 unspecified atom stereocenters. The van der Waals surface area contributed by atoms with Crippen LogP contribution in [-0.2, 0) is 9.53 Å². The van der Waals surface area contributed by atoms with Gasteiger partial charge in [0.25, 0.3) is 0 Å². The number of methoxy groups -OCH3 is 1. The van der Waals surface area contributed by atoms with Crippen molar-refractivity contribution in [3.63, 3.8) is 0 Å². The minimum Gasteiger partial charge on any atom is -0.380 e. The first-order chi connectivity index (χ1) is 10.3. The van der Waals surface area contributed by atoms with E-state index in [4.69, 9.17) is 4.74 Å². The second-order valence-corrected chi connectivity index (χ2v) is 6.83. The highest BCUT2D eigenvalue weighted by Crippen LogP contribution is 2.22. The van der Waals surface area contributed by atoms with Gasteiger partial charge in [0.15, 0.2) is 0 Å². The predicted octanol–water partition coefficient (Wildman–Crippen LogP) is 0.698. The third-order valence-corrected chi connectivity index (χ3v) is 5.36. The predicted molar refractivity (Wildman–Crippen MR) is 82.2 cm³/mol.